The van der Waals surface area contributed by atoms with Gasteiger partial charge in [0.1, 0.15) is 6.23 Å². The van der Waals surface area contributed by atoms with E-state index in [1.54, 1.807) is 16.4 Å². The zero-order valence-corrected chi connectivity index (χ0v) is 17.2. The summed E-state index contributed by atoms with van der Waals surface area (Å²) >= 11 is 7.53. The lowest BCUT2D eigenvalue weighted by Crippen LogP contribution is -2.17. The van der Waals surface area contributed by atoms with Crippen LogP contribution < -0.4 is 10.2 Å². The Balaban J connectivity index is 1.35. The average Bonchev–Trinajstić information content (AvgIpc) is 3.36. The van der Waals surface area contributed by atoms with Crippen molar-refractivity contribution in [1.82, 2.24) is 25.5 Å². The van der Waals surface area contributed by atoms with Crippen LogP contribution in [0.1, 0.15) is 11.8 Å². The van der Waals surface area contributed by atoms with Crippen molar-refractivity contribution in [1.29, 1.82) is 0 Å². The second kappa shape index (κ2) is 8.48. The quantitative estimate of drug-likeness (QED) is 0.619. The molecule has 3 aromatic rings. The topological polar surface area (TPSA) is 68.1 Å². The normalized spacial score (nSPS) is 19.1. The lowest BCUT2D eigenvalue weighted by atomic mass is 10.2. The van der Waals surface area contributed by atoms with Crippen LogP contribution in [-0.2, 0) is 4.74 Å². The number of thioether (sulfide) groups is 1. The minimum Gasteiger partial charge on any atom is -0.378 e. The molecule has 1 N–H and O–H groups in total. The standard InChI is InChI=1S/C19H21ClN6OS/c1-25(2)15-7-3-13(4-8-15)18-21-11-17(27-18)12-28-19-22-23-24-26(19)16-9-5-14(20)6-10-16/h3-10,17-18,21H,11-12H2,1-2H3/t17-,18-/m0/s1. The minimum absolute atomic E-state index is 0.0823. The summed E-state index contributed by atoms with van der Waals surface area (Å²) in [4.78, 5) is 2.08. The molecule has 2 aromatic carbocycles. The van der Waals surface area contributed by atoms with E-state index in [9.17, 15) is 0 Å². The largest absolute Gasteiger partial charge is 0.378 e. The van der Waals surface area contributed by atoms with E-state index in [2.05, 4.69) is 50.0 Å². The van der Waals surface area contributed by atoms with Crippen LogP contribution in [-0.4, -0.2) is 52.7 Å². The fraction of sp³-hybridized carbons (Fsp3) is 0.316. The molecule has 9 heteroatoms. The zero-order valence-electron chi connectivity index (χ0n) is 15.6. The second-order valence-electron chi connectivity index (χ2n) is 6.69. The van der Waals surface area contributed by atoms with E-state index in [1.807, 2.05) is 38.4 Å². The molecule has 28 heavy (non-hydrogen) atoms. The van der Waals surface area contributed by atoms with Crippen molar-refractivity contribution < 1.29 is 4.74 Å². The highest BCUT2D eigenvalue weighted by molar-refractivity contribution is 7.99. The Bertz CT molecular complexity index is 915. The van der Waals surface area contributed by atoms with E-state index in [4.69, 9.17) is 16.3 Å². The summed E-state index contributed by atoms with van der Waals surface area (Å²) in [5.41, 5.74) is 3.17. The van der Waals surface area contributed by atoms with Crippen LogP contribution in [0, 0.1) is 0 Å². The number of benzene rings is 2. The van der Waals surface area contributed by atoms with Gasteiger partial charge in [-0.25, -0.2) is 0 Å². The summed E-state index contributed by atoms with van der Waals surface area (Å²) < 4.78 is 7.88. The molecule has 0 saturated carbocycles. The van der Waals surface area contributed by atoms with E-state index in [0.29, 0.717) is 5.02 Å². The van der Waals surface area contributed by atoms with Gasteiger partial charge in [0.2, 0.25) is 5.16 Å². The first kappa shape index (κ1) is 19.2. The number of hydrogen-bond acceptors (Lipinski definition) is 7. The third-order valence-electron chi connectivity index (χ3n) is 4.48. The Hall–Kier alpha value is -2.13. The molecule has 0 amide bonds. The molecular formula is C19H21ClN6OS. The number of anilines is 1. The highest BCUT2D eigenvalue weighted by Gasteiger charge is 2.26. The van der Waals surface area contributed by atoms with Crippen LogP contribution >= 0.6 is 23.4 Å². The van der Waals surface area contributed by atoms with Crippen LogP contribution in [0.3, 0.4) is 0 Å². The maximum Gasteiger partial charge on any atom is 0.214 e. The lowest BCUT2D eigenvalue weighted by Gasteiger charge is -2.16. The number of nitrogens with zero attached hydrogens (tertiary/aromatic N) is 5. The second-order valence-corrected chi connectivity index (χ2v) is 8.12. The first-order valence-corrected chi connectivity index (χ1v) is 10.3. The fourth-order valence-corrected chi connectivity index (χ4v) is 3.97. The predicted octanol–water partition coefficient (Wildman–Crippen LogP) is 3.16. The Labute approximate surface area is 173 Å². The van der Waals surface area contributed by atoms with E-state index in [1.165, 1.54) is 5.69 Å². The first-order valence-electron chi connectivity index (χ1n) is 8.93. The van der Waals surface area contributed by atoms with Gasteiger partial charge in [-0.1, -0.05) is 35.5 Å². The molecule has 0 bridgehead atoms. The predicted molar refractivity (Wildman–Crippen MR) is 111 cm³/mol. The SMILES string of the molecule is CN(C)c1ccc([C@H]2NC[C@@H](CSc3nnnn3-c3ccc(Cl)cc3)O2)cc1. The molecule has 4 rings (SSSR count). The molecular weight excluding hydrogens is 396 g/mol. The lowest BCUT2D eigenvalue weighted by molar-refractivity contribution is 0.0534. The summed E-state index contributed by atoms with van der Waals surface area (Å²) in [5, 5.41) is 16.8. The van der Waals surface area contributed by atoms with Crippen molar-refractivity contribution in [3.8, 4) is 5.69 Å². The molecule has 0 spiro atoms. The summed E-state index contributed by atoms with van der Waals surface area (Å²) in [5.74, 6) is 0.757. The minimum atomic E-state index is -0.0888. The highest BCUT2D eigenvalue weighted by Crippen LogP contribution is 2.27. The van der Waals surface area contributed by atoms with Gasteiger partial charge in [0.05, 0.1) is 11.8 Å². The summed E-state index contributed by atoms with van der Waals surface area (Å²) in [7, 11) is 4.06. The molecule has 1 fully saturated rings. The van der Waals surface area contributed by atoms with Crippen molar-refractivity contribution in [2.45, 2.75) is 17.5 Å². The maximum atomic E-state index is 6.17. The maximum absolute atomic E-state index is 6.17. The third-order valence-corrected chi connectivity index (χ3v) is 5.79. The van der Waals surface area contributed by atoms with Crippen molar-refractivity contribution >= 4 is 29.1 Å². The molecule has 1 aliphatic rings. The monoisotopic (exact) mass is 416 g/mol. The molecule has 0 unspecified atom stereocenters. The van der Waals surface area contributed by atoms with Gasteiger partial charge >= 0.3 is 0 Å². The number of ether oxygens (including phenoxy) is 1. The number of nitrogens with one attached hydrogen (secondary N) is 1. The van der Waals surface area contributed by atoms with Gasteiger partial charge in [-0.15, -0.1) is 5.10 Å². The number of aromatic nitrogens is 4. The van der Waals surface area contributed by atoms with Gasteiger partial charge < -0.3 is 9.64 Å². The molecule has 7 nitrogen and oxygen atoms in total. The molecule has 0 aliphatic carbocycles. The highest BCUT2D eigenvalue weighted by atomic mass is 35.5. The van der Waals surface area contributed by atoms with Gasteiger partial charge in [0.25, 0.3) is 0 Å². The van der Waals surface area contributed by atoms with Crippen LogP contribution in [0.2, 0.25) is 5.02 Å². The molecule has 2 atom stereocenters. The van der Waals surface area contributed by atoms with Crippen LogP contribution in [0.5, 0.6) is 0 Å². The van der Waals surface area contributed by atoms with Gasteiger partial charge in [-0.05, 0) is 52.4 Å². The van der Waals surface area contributed by atoms with Crippen LogP contribution in [0.15, 0.2) is 53.7 Å². The average molecular weight is 417 g/mol. The Kier molecular flexibility index (Phi) is 5.82. The summed E-state index contributed by atoms with van der Waals surface area (Å²) in [6.45, 7) is 0.787. The number of halogens is 1. The Morgan fingerprint density at radius 2 is 1.93 bits per heavy atom. The van der Waals surface area contributed by atoms with Crippen molar-refractivity contribution in [2.24, 2.45) is 0 Å². The van der Waals surface area contributed by atoms with E-state index < -0.39 is 0 Å². The van der Waals surface area contributed by atoms with Gasteiger partial charge in [0.15, 0.2) is 0 Å². The fourth-order valence-electron chi connectivity index (χ4n) is 2.95. The van der Waals surface area contributed by atoms with Gasteiger partial charge in [-0.2, -0.15) is 4.68 Å². The third kappa shape index (κ3) is 4.30. The molecule has 1 aromatic heterocycles. The van der Waals surface area contributed by atoms with Crippen molar-refractivity contribution in [3.05, 3.63) is 59.1 Å². The smallest absolute Gasteiger partial charge is 0.214 e. The molecule has 1 saturated heterocycles. The van der Waals surface area contributed by atoms with Crippen LogP contribution in [0.4, 0.5) is 5.69 Å². The van der Waals surface area contributed by atoms with Crippen molar-refractivity contribution in [2.75, 3.05) is 31.3 Å². The van der Waals surface area contributed by atoms with E-state index >= 15 is 0 Å². The molecule has 0 radical (unpaired) electrons. The Morgan fingerprint density at radius 3 is 2.64 bits per heavy atom. The summed E-state index contributed by atoms with van der Waals surface area (Å²) in [6, 6.07) is 15.8. The summed E-state index contributed by atoms with van der Waals surface area (Å²) in [6.07, 6.45) is -0.00651. The van der Waals surface area contributed by atoms with Crippen molar-refractivity contribution in [3.63, 3.8) is 0 Å². The zero-order chi connectivity index (χ0) is 19.5. The van der Waals surface area contributed by atoms with E-state index in [-0.39, 0.29) is 12.3 Å². The first-order chi connectivity index (χ1) is 13.6. The number of tetrazole rings is 1. The van der Waals surface area contributed by atoms with Gasteiger partial charge in [-0.3, -0.25) is 5.32 Å². The molecule has 2 heterocycles. The van der Waals surface area contributed by atoms with E-state index in [0.717, 1.165) is 28.7 Å². The Morgan fingerprint density at radius 1 is 1.18 bits per heavy atom. The molecule has 1 aliphatic heterocycles. The van der Waals surface area contributed by atoms with Gasteiger partial charge in [0, 0.05) is 37.1 Å². The van der Waals surface area contributed by atoms with Crippen LogP contribution in [0.25, 0.3) is 5.69 Å². The number of rotatable bonds is 6. The molecule has 146 valence electrons. The number of hydrogen-bond donors (Lipinski definition) is 1.